The Morgan fingerprint density at radius 3 is 2.52 bits per heavy atom. The molecule has 1 fully saturated rings. The molecule has 0 saturated carbocycles. The van der Waals surface area contributed by atoms with Crippen LogP contribution in [0.4, 0.5) is 5.82 Å². The largest absolute Gasteiger partial charge is 0.354 e. The first-order valence-corrected chi connectivity index (χ1v) is 13.8. The first kappa shape index (κ1) is 23.6. The summed E-state index contributed by atoms with van der Waals surface area (Å²) in [7, 11) is -7.29. The number of hydrogen-bond acceptors (Lipinski definition) is 7. The number of aromatic nitrogens is 3. The van der Waals surface area contributed by atoms with Crippen LogP contribution in [-0.2, 0) is 20.0 Å². The maximum Gasteiger partial charge on any atom is 0.245 e. The van der Waals surface area contributed by atoms with Crippen molar-refractivity contribution in [1.29, 1.82) is 0 Å². The monoisotopic (exact) mass is 492 g/mol. The molecule has 10 nitrogen and oxygen atoms in total. The normalized spacial score (nSPS) is 16.8. The van der Waals surface area contributed by atoms with E-state index in [4.69, 9.17) is 0 Å². The van der Waals surface area contributed by atoms with E-state index in [0.29, 0.717) is 43.0 Å². The fraction of sp³-hybridized carbons (Fsp3) is 0.429. The molecule has 4 rings (SSSR count). The Morgan fingerprint density at radius 2 is 1.85 bits per heavy atom. The van der Waals surface area contributed by atoms with Gasteiger partial charge in [-0.1, -0.05) is 13.3 Å². The van der Waals surface area contributed by atoms with Crippen molar-refractivity contribution in [3.05, 3.63) is 42.9 Å². The summed E-state index contributed by atoms with van der Waals surface area (Å²) in [4.78, 5) is 13.7. The molecule has 0 aromatic carbocycles. The first-order valence-electron chi connectivity index (χ1n) is 10.9. The van der Waals surface area contributed by atoms with Gasteiger partial charge < -0.3 is 9.88 Å². The Kier molecular flexibility index (Phi) is 6.71. The molecular formula is C21H28N6O4S2. The number of pyridine rings is 2. The molecule has 1 aliphatic heterocycles. The lowest BCUT2D eigenvalue weighted by molar-refractivity contribution is 0.384. The number of aromatic amines is 1. The van der Waals surface area contributed by atoms with Gasteiger partial charge in [0.05, 0.1) is 0 Å². The SMILES string of the molecule is CCCC(C)NS(=O)(=O)c1ccc(N2CCN(S(=O)(=O)c3c[nH]c4ncccc34)CC2)nc1. The van der Waals surface area contributed by atoms with Gasteiger partial charge in [-0.15, -0.1) is 0 Å². The van der Waals surface area contributed by atoms with Gasteiger partial charge in [-0.05, 0) is 37.6 Å². The van der Waals surface area contributed by atoms with E-state index in [2.05, 4.69) is 19.7 Å². The molecule has 33 heavy (non-hydrogen) atoms. The van der Waals surface area contributed by atoms with E-state index in [-0.39, 0.29) is 15.8 Å². The lowest BCUT2D eigenvalue weighted by Crippen LogP contribution is -2.48. The minimum absolute atomic E-state index is 0.114. The van der Waals surface area contributed by atoms with Gasteiger partial charge in [0.15, 0.2) is 0 Å². The molecule has 0 spiro atoms. The predicted molar refractivity (Wildman–Crippen MR) is 126 cm³/mol. The zero-order valence-electron chi connectivity index (χ0n) is 18.6. The molecule has 0 amide bonds. The molecule has 12 heteroatoms. The molecule has 3 aromatic rings. The number of H-pyrrole nitrogens is 1. The van der Waals surface area contributed by atoms with Gasteiger partial charge in [-0.3, -0.25) is 0 Å². The van der Waals surface area contributed by atoms with E-state index in [0.717, 1.165) is 12.8 Å². The van der Waals surface area contributed by atoms with Crippen LogP contribution in [-0.4, -0.2) is 68.3 Å². The topological polar surface area (TPSA) is 128 Å². The van der Waals surface area contributed by atoms with Crippen LogP contribution >= 0.6 is 0 Å². The Morgan fingerprint density at radius 1 is 1.09 bits per heavy atom. The Hall–Kier alpha value is -2.54. The minimum atomic E-state index is -3.67. The molecule has 1 unspecified atom stereocenters. The third-order valence-electron chi connectivity index (χ3n) is 5.70. The number of piperazine rings is 1. The summed E-state index contributed by atoms with van der Waals surface area (Å²) in [6, 6.07) is 6.49. The zero-order chi connectivity index (χ0) is 23.6. The molecule has 1 atom stereocenters. The molecule has 1 saturated heterocycles. The lowest BCUT2D eigenvalue weighted by atomic mass is 10.2. The van der Waals surface area contributed by atoms with Gasteiger partial charge in [-0.25, -0.2) is 31.5 Å². The standard InChI is InChI=1S/C21H28N6O4S2/c1-3-5-16(2)25-32(28,29)17-7-8-20(23-14-17)26-10-12-27(13-11-26)33(30,31)19-15-24-21-18(19)6-4-9-22-21/h4,6-9,14-16,25H,3,5,10-13H2,1-2H3,(H,22,24). The van der Waals surface area contributed by atoms with Crippen molar-refractivity contribution in [3.8, 4) is 0 Å². The van der Waals surface area contributed by atoms with E-state index in [1.807, 2.05) is 18.7 Å². The Labute approximate surface area is 194 Å². The average Bonchev–Trinajstić information content (AvgIpc) is 3.24. The second kappa shape index (κ2) is 9.37. The summed E-state index contributed by atoms with van der Waals surface area (Å²) in [5.41, 5.74) is 0.535. The molecule has 4 heterocycles. The van der Waals surface area contributed by atoms with E-state index in [1.54, 1.807) is 24.4 Å². The number of fused-ring (bicyclic) bond motifs is 1. The van der Waals surface area contributed by atoms with Gasteiger partial charge in [0.2, 0.25) is 20.0 Å². The highest BCUT2D eigenvalue weighted by Gasteiger charge is 2.31. The van der Waals surface area contributed by atoms with Crippen LogP contribution in [0.5, 0.6) is 0 Å². The highest BCUT2D eigenvalue weighted by Crippen LogP contribution is 2.26. The Bertz CT molecular complexity index is 1310. The summed E-state index contributed by atoms with van der Waals surface area (Å²) >= 11 is 0. The van der Waals surface area contributed by atoms with Crippen molar-refractivity contribution in [2.45, 2.75) is 42.5 Å². The molecule has 178 valence electrons. The number of nitrogens with one attached hydrogen (secondary N) is 2. The highest BCUT2D eigenvalue weighted by atomic mass is 32.2. The van der Waals surface area contributed by atoms with Crippen LogP contribution in [0.1, 0.15) is 26.7 Å². The van der Waals surface area contributed by atoms with Crippen molar-refractivity contribution in [1.82, 2.24) is 24.0 Å². The number of anilines is 1. The van der Waals surface area contributed by atoms with Crippen LogP contribution in [0, 0.1) is 0 Å². The first-order chi connectivity index (χ1) is 15.7. The van der Waals surface area contributed by atoms with Crippen molar-refractivity contribution in [3.63, 3.8) is 0 Å². The summed E-state index contributed by atoms with van der Waals surface area (Å²) < 4.78 is 55.5. The Balaban J connectivity index is 1.43. The van der Waals surface area contributed by atoms with Gasteiger partial charge in [0, 0.05) is 56.2 Å². The third-order valence-corrected chi connectivity index (χ3v) is 9.22. The molecule has 1 aliphatic rings. The predicted octanol–water partition coefficient (Wildman–Crippen LogP) is 1.94. The van der Waals surface area contributed by atoms with Crippen molar-refractivity contribution < 1.29 is 16.8 Å². The van der Waals surface area contributed by atoms with E-state index < -0.39 is 20.0 Å². The minimum Gasteiger partial charge on any atom is -0.354 e. The van der Waals surface area contributed by atoms with Crippen LogP contribution < -0.4 is 9.62 Å². The summed E-state index contributed by atoms with van der Waals surface area (Å²) in [5.74, 6) is 0.615. The van der Waals surface area contributed by atoms with Gasteiger partial charge >= 0.3 is 0 Å². The summed E-state index contributed by atoms with van der Waals surface area (Å²) in [6.45, 7) is 5.34. The smallest absolute Gasteiger partial charge is 0.245 e. The van der Waals surface area contributed by atoms with E-state index in [1.165, 1.54) is 22.8 Å². The quantitative estimate of drug-likeness (QED) is 0.492. The number of nitrogens with zero attached hydrogens (tertiary/aromatic N) is 4. The molecule has 0 bridgehead atoms. The molecule has 2 N–H and O–H groups in total. The third kappa shape index (κ3) is 4.88. The summed E-state index contributed by atoms with van der Waals surface area (Å²) in [5, 5.41) is 0.570. The fourth-order valence-electron chi connectivity index (χ4n) is 3.98. The second-order valence-corrected chi connectivity index (χ2v) is 11.7. The van der Waals surface area contributed by atoms with Gasteiger partial charge in [0.1, 0.15) is 21.3 Å². The van der Waals surface area contributed by atoms with Crippen LogP contribution in [0.3, 0.4) is 0 Å². The molecule has 0 aliphatic carbocycles. The van der Waals surface area contributed by atoms with Gasteiger partial charge in [0.25, 0.3) is 0 Å². The van der Waals surface area contributed by atoms with Crippen molar-refractivity contribution in [2.75, 3.05) is 31.1 Å². The van der Waals surface area contributed by atoms with Crippen LogP contribution in [0.25, 0.3) is 11.0 Å². The van der Waals surface area contributed by atoms with Crippen molar-refractivity contribution >= 4 is 36.9 Å². The maximum atomic E-state index is 13.2. The zero-order valence-corrected chi connectivity index (χ0v) is 20.2. The number of hydrogen-bond donors (Lipinski definition) is 2. The fourth-order valence-corrected chi connectivity index (χ4v) is 6.78. The average molecular weight is 493 g/mol. The molecule has 3 aromatic heterocycles. The van der Waals surface area contributed by atoms with E-state index in [9.17, 15) is 16.8 Å². The highest BCUT2D eigenvalue weighted by molar-refractivity contribution is 7.89. The van der Waals surface area contributed by atoms with E-state index >= 15 is 0 Å². The maximum absolute atomic E-state index is 13.2. The number of rotatable bonds is 8. The van der Waals surface area contributed by atoms with Crippen molar-refractivity contribution in [2.24, 2.45) is 0 Å². The van der Waals surface area contributed by atoms with Crippen LogP contribution in [0.2, 0.25) is 0 Å². The molecule has 0 radical (unpaired) electrons. The molecular weight excluding hydrogens is 464 g/mol. The summed E-state index contributed by atoms with van der Waals surface area (Å²) in [6.07, 6.45) is 6.08. The number of sulfonamides is 2. The lowest BCUT2D eigenvalue weighted by Gasteiger charge is -2.34. The van der Waals surface area contributed by atoms with Crippen LogP contribution in [0.15, 0.2) is 52.6 Å². The van der Waals surface area contributed by atoms with Gasteiger partial charge in [-0.2, -0.15) is 4.31 Å². The second-order valence-electron chi connectivity index (χ2n) is 8.11.